The summed E-state index contributed by atoms with van der Waals surface area (Å²) >= 11 is 0. The summed E-state index contributed by atoms with van der Waals surface area (Å²) in [5.41, 5.74) is 2.11. The van der Waals surface area contributed by atoms with Crippen LogP contribution in [0.5, 0.6) is 5.88 Å². The van der Waals surface area contributed by atoms with E-state index in [1.54, 1.807) is 0 Å². The first-order chi connectivity index (χ1) is 16.8. The van der Waals surface area contributed by atoms with Gasteiger partial charge in [-0.1, -0.05) is 37.9 Å². The number of aliphatic imine (C=N–C) groups is 1. The van der Waals surface area contributed by atoms with E-state index >= 15 is 0 Å². The second-order valence-corrected chi connectivity index (χ2v) is 10.8. The van der Waals surface area contributed by atoms with Gasteiger partial charge in [0.2, 0.25) is 5.89 Å². The van der Waals surface area contributed by atoms with Crippen LogP contribution in [-0.4, -0.2) is 39.0 Å². The van der Waals surface area contributed by atoms with E-state index in [2.05, 4.69) is 53.4 Å². The van der Waals surface area contributed by atoms with Gasteiger partial charge in [-0.05, 0) is 44.5 Å². The van der Waals surface area contributed by atoms with Gasteiger partial charge in [-0.2, -0.15) is 9.55 Å². The molecular weight excluding hydrogens is 440 g/mol. The second-order valence-electron chi connectivity index (χ2n) is 10.8. The summed E-state index contributed by atoms with van der Waals surface area (Å²) in [6.07, 6.45) is 11.7. The van der Waals surface area contributed by atoms with Crippen LogP contribution in [0.3, 0.4) is 0 Å². The normalized spacial score (nSPS) is 26.6. The zero-order chi connectivity index (χ0) is 24.7. The third-order valence-corrected chi connectivity index (χ3v) is 7.96. The molecule has 4 aliphatic rings. The van der Waals surface area contributed by atoms with Crippen molar-refractivity contribution in [3.05, 3.63) is 35.4 Å². The Hall–Kier alpha value is -2.77. The van der Waals surface area contributed by atoms with Gasteiger partial charge in [-0.25, -0.2) is 0 Å². The predicted molar refractivity (Wildman–Crippen MR) is 135 cm³/mol. The van der Waals surface area contributed by atoms with Crippen molar-refractivity contribution in [3.8, 4) is 5.88 Å². The molecule has 2 aromatic heterocycles. The van der Waals surface area contributed by atoms with Crippen LogP contribution in [-0.2, 0) is 7.05 Å². The lowest BCUT2D eigenvalue weighted by Gasteiger charge is -2.49. The number of aryl methyl sites for hydroxylation is 1. The van der Waals surface area contributed by atoms with Crippen molar-refractivity contribution in [2.75, 3.05) is 4.90 Å². The molecule has 8 heteroatoms. The minimum Gasteiger partial charge on any atom is -0.452 e. The Morgan fingerprint density at radius 2 is 1.89 bits per heavy atom. The van der Waals surface area contributed by atoms with Gasteiger partial charge in [0, 0.05) is 43.5 Å². The molecule has 0 aromatic carbocycles. The van der Waals surface area contributed by atoms with Crippen molar-refractivity contribution >= 4 is 11.5 Å². The van der Waals surface area contributed by atoms with Gasteiger partial charge in [0.25, 0.3) is 11.7 Å². The van der Waals surface area contributed by atoms with Gasteiger partial charge in [0.05, 0.1) is 12.8 Å². The van der Waals surface area contributed by atoms with Crippen molar-refractivity contribution in [1.82, 2.24) is 15.1 Å². The van der Waals surface area contributed by atoms with Crippen LogP contribution in [0.1, 0.15) is 101 Å². The molecule has 1 aliphatic carbocycles. The van der Waals surface area contributed by atoms with Gasteiger partial charge >= 0.3 is 5.82 Å². The highest BCUT2D eigenvalue weighted by Gasteiger charge is 2.45. The monoisotopic (exact) mass is 479 g/mol. The third-order valence-electron chi connectivity index (χ3n) is 7.96. The number of ether oxygens (including phenoxy) is 1. The zero-order valence-electron chi connectivity index (χ0n) is 22.0. The maximum absolute atomic E-state index is 6.57. The fourth-order valence-corrected chi connectivity index (χ4v) is 5.70. The van der Waals surface area contributed by atoms with Crippen LogP contribution >= 0.6 is 0 Å². The highest BCUT2D eigenvalue weighted by atomic mass is 16.5. The first-order valence-electron chi connectivity index (χ1n) is 13.2. The Kier molecular flexibility index (Phi) is 6.64. The van der Waals surface area contributed by atoms with Gasteiger partial charge in [-0.3, -0.25) is 4.99 Å². The maximum Gasteiger partial charge on any atom is 0.300 e. The summed E-state index contributed by atoms with van der Waals surface area (Å²) in [6, 6.07) is 0.948. The Morgan fingerprint density at radius 3 is 2.63 bits per heavy atom. The summed E-state index contributed by atoms with van der Waals surface area (Å²) in [7, 11) is 2.04. The zero-order valence-corrected chi connectivity index (χ0v) is 22.0. The van der Waals surface area contributed by atoms with E-state index in [-0.39, 0.29) is 12.0 Å². The smallest absolute Gasteiger partial charge is 0.300 e. The van der Waals surface area contributed by atoms with E-state index in [4.69, 9.17) is 19.2 Å². The SMILES string of the molecule is CC1=NC=CCC1Oc1c(C)c(N2C3CCCCC(c4nc(C(C)C)no4)CC2C3)nc(C)[n+]1C. The molecule has 4 unspecified atom stereocenters. The Labute approximate surface area is 208 Å². The molecule has 3 aliphatic heterocycles. The van der Waals surface area contributed by atoms with E-state index in [1.165, 1.54) is 25.7 Å². The Balaban J connectivity index is 1.44. The molecule has 3 fully saturated rings. The number of hydrogen-bond acceptors (Lipinski definition) is 7. The maximum atomic E-state index is 6.57. The summed E-state index contributed by atoms with van der Waals surface area (Å²) in [4.78, 5) is 16.9. The van der Waals surface area contributed by atoms with E-state index < -0.39 is 0 Å². The predicted octanol–water partition coefficient (Wildman–Crippen LogP) is 4.85. The van der Waals surface area contributed by atoms with Crippen LogP contribution in [0.2, 0.25) is 0 Å². The molecular formula is C27H39N6O2+. The summed E-state index contributed by atoms with van der Waals surface area (Å²) in [5, 5.41) is 4.25. The van der Waals surface area contributed by atoms with Crippen LogP contribution in [0.25, 0.3) is 0 Å². The summed E-state index contributed by atoms with van der Waals surface area (Å²) < 4.78 is 14.4. The highest BCUT2D eigenvalue weighted by molar-refractivity contribution is 5.88. The van der Waals surface area contributed by atoms with E-state index in [9.17, 15) is 0 Å². The van der Waals surface area contributed by atoms with Crippen LogP contribution < -0.4 is 14.2 Å². The Bertz CT molecular complexity index is 1140. The lowest BCUT2D eigenvalue weighted by Crippen LogP contribution is -2.57. The van der Waals surface area contributed by atoms with Crippen LogP contribution in [0.15, 0.2) is 21.8 Å². The molecule has 0 N–H and O–H groups in total. The van der Waals surface area contributed by atoms with E-state index in [1.807, 2.05) is 20.2 Å². The molecule has 35 heavy (non-hydrogen) atoms. The quantitative estimate of drug-likeness (QED) is 0.570. The molecule has 4 atom stereocenters. The number of hydrogen-bond donors (Lipinski definition) is 0. The van der Waals surface area contributed by atoms with Crippen molar-refractivity contribution in [2.24, 2.45) is 12.0 Å². The molecule has 6 rings (SSSR count). The van der Waals surface area contributed by atoms with Gasteiger partial charge < -0.3 is 14.2 Å². The number of fused-ring (bicyclic) bond motifs is 5. The molecule has 2 bridgehead atoms. The van der Waals surface area contributed by atoms with Crippen LogP contribution in [0.4, 0.5) is 5.82 Å². The first kappa shape index (κ1) is 23.9. The number of nitrogens with zero attached hydrogens (tertiary/aromatic N) is 6. The molecule has 5 heterocycles. The summed E-state index contributed by atoms with van der Waals surface area (Å²) in [5.74, 6) is 5.10. The number of rotatable bonds is 5. The molecule has 8 nitrogen and oxygen atoms in total. The number of aromatic nitrogens is 4. The second kappa shape index (κ2) is 9.70. The molecule has 0 spiro atoms. The topological polar surface area (TPSA) is 80.5 Å². The largest absolute Gasteiger partial charge is 0.452 e. The molecule has 1 saturated carbocycles. The molecule has 188 valence electrons. The van der Waals surface area contributed by atoms with Crippen molar-refractivity contribution < 1.29 is 13.8 Å². The average molecular weight is 480 g/mol. The minimum atomic E-state index is -0.0401. The highest BCUT2D eigenvalue weighted by Crippen LogP contribution is 2.43. The standard InChI is InChI=1S/C27H39N6O2/c1-16(2)24-30-26(35-31-24)20-10-7-8-11-21-15-22(14-20)33(21)25-17(3)27(32(6)19(5)29-25)34-23-12-9-13-28-18(23)4/h9,13,16,20-23H,7-8,10-12,14-15H2,1-6H3/q+1. The van der Waals surface area contributed by atoms with Gasteiger partial charge in [-0.15, -0.1) is 0 Å². The Morgan fingerprint density at radius 1 is 1.09 bits per heavy atom. The fourth-order valence-electron chi connectivity index (χ4n) is 5.70. The average Bonchev–Trinajstić information content (AvgIpc) is 3.36. The molecule has 0 amide bonds. The van der Waals surface area contributed by atoms with E-state index in [0.29, 0.717) is 18.0 Å². The van der Waals surface area contributed by atoms with Gasteiger partial charge in [0.15, 0.2) is 5.82 Å². The van der Waals surface area contributed by atoms with Crippen molar-refractivity contribution in [3.63, 3.8) is 0 Å². The fraction of sp³-hybridized carbons (Fsp3) is 0.667. The van der Waals surface area contributed by atoms with Crippen molar-refractivity contribution in [1.29, 1.82) is 0 Å². The molecule has 2 aromatic rings. The first-order valence-corrected chi connectivity index (χ1v) is 13.2. The van der Waals surface area contributed by atoms with Gasteiger partial charge in [0.1, 0.15) is 11.7 Å². The third kappa shape index (κ3) is 4.59. The molecule has 2 saturated heterocycles. The lowest BCUT2D eigenvalue weighted by molar-refractivity contribution is -0.686. The lowest BCUT2D eigenvalue weighted by atomic mass is 9.84. The minimum absolute atomic E-state index is 0.0401. The molecule has 0 radical (unpaired) electrons. The van der Waals surface area contributed by atoms with Crippen LogP contribution in [0, 0.1) is 13.8 Å². The summed E-state index contributed by atoms with van der Waals surface area (Å²) in [6.45, 7) is 10.5. The number of anilines is 1. The van der Waals surface area contributed by atoms with E-state index in [0.717, 1.165) is 59.8 Å². The van der Waals surface area contributed by atoms with Crippen molar-refractivity contribution in [2.45, 2.75) is 110 Å².